The molecule has 8 nitrogen and oxygen atoms in total. The fourth-order valence-electron chi connectivity index (χ4n) is 3.30. The second-order valence-electron chi connectivity index (χ2n) is 6.77. The van der Waals surface area contributed by atoms with E-state index in [4.69, 9.17) is 17.0 Å². The van der Waals surface area contributed by atoms with Gasteiger partial charge in [-0.25, -0.2) is 0 Å². The lowest BCUT2D eigenvalue weighted by Crippen LogP contribution is -2.54. The number of H-pyrrole nitrogens is 1. The van der Waals surface area contributed by atoms with Gasteiger partial charge in [-0.3, -0.25) is 34.4 Å². The van der Waals surface area contributed by atoms with Crippen LogP contribution in [0.4, 0.5) is 5.69 Å². The summed E-state index contributed by atoms with van der Waals surface area (Å²) in [6, 6.07) is 15.9. The molecule has 1 aromatic heterocycles. The topological polar surface area (TPSA) is 96.4 Å². The molecule has 1 fully saturated rings. The SMILES string of the molecule is COc1ccc(N2C(=O)/C(=C\c3c(C)n(-c4ccccc4)[nH]c3=O)C(=O)NC2=S)cc1. The Kier molecular flexibility index (Phi) is 5.26. The van der Waals surface area contributed by atoms with E-state index in [2.05, 4.69) is 10.4 Å². The van der Waals surface area contributed by atoms with Crippen LogP contribution in [0.25, 0.3) is 11.8 Å². The Balaban J connectivity index is 1.76. The summed E-state index contributed by atoms with van der Waals surface area (Å²) >= 11 is 5.20. The van der Waals surface area contributed by atoms with Crippen LogP contribution in [0.15, 0.2) is 65.0 Å². The molecule has 4 rings (SSSR count). The van der Waals surface area contributed by atoms with E-state index in [-0.39, 0.29) is 16.2 Å². The minimum absolute atomic E-state index is 0.0372. The first-order chi connectivity index (χ1) is 14.9. The van der Waals surface area contributed by atoms with Crippen LogP contribution in [-0.2, 0) is 9.59 Å². The third-order valence-corrected chi connectivity index (χ3v) is 5.20. The van der Waals surface area contributed by atoms with Gasteiger partial charge in [-0.1, -0.05) is 18.2 Å². The van der Waals surface area contributed by atoms with Crippen molar-refractivity contribution in [3.05, 3.63) is 81.8 Å². The summed E-state index contributed by atoms with van der Waals surface area (Å²) in [4.78, 5) is 39.5. The molecule has 1 aliphatic heterocycles. The lowest BCUT2D eigenvalue weighted by Gasteiger charge is -2.28. The van der Waals surface area contributed by atoms with Crippen molar-refractivity contribution in [3.8, 4) is 11.4 Å². The van der Waals surface area contributed by atoms with Crippen molar-refractivity contribution >= 4 is 40.9 Å². The Hall–Kier alpha value is -3.98. The average Bonchev–Trinajstić information content (AvgIpc) is 3.05. The molecule has 2 N–H and O–H groups in total. The molecule has 1 aliphatic rings. The van der Waals surface area contributed by atoms with Crippen LogP contribution in [0, 0.1) is 6.92 Å². The normalized spacial score (nSPS) is 15.4. The molecule has 0 unspecified atom stereocenters. The van der Waals surface area contributed by atoms with Gasteiger partial charge in [0.25, 0.3) is 17.4 Å². The number of hydrogen-bond donors (Lipinski definition) is 2. The van der Waals surface area contributed by atoms with E-state index in [0.29, 0.717) is 17.1 Å². The van der Waals surface area contributed by atoms with Crippen LogP contribution in [0.3, 0.4) is 0 Å². The zero-order valence-electron chi connectivity index (χ0n) is 16.7. The molecule has 0 atom stereocenters. The first kappa shape index (κ1) is 20.3. The van der Waals surface area contributed by atoms with Crippen molar-refractivity contribution in [1.29, 1.82) is 0 Å². The predicted molar refractivity (Wildman–Crippen MR) is 120 cm³/mol. The monoisotopic (exact) mass is 434 g/mol. The third-order valence-electron chi connectivity index (χ3n) is 4.92. The van der Waals surface area contributed by atoms with Gasteiger partial charge in [-0.05, 0) is 61.6 Å². The van der Waals surface area contributed by atoms with Crippen LogP contribution < -0.4 is 20.5 Å². The molecule has 0 saturated carbocycles. The number of hydrogen-bond acceptors (Lipinski definition) is 5. The number of para-hydroxylation sites is 1. The largest absolute Gasteiger partial charge is 0.497 e. The van der Waals surface area contributed by atoms with Crippen LogP contribution >= 0.6 is 12.2 Å². The number of benzene rings is 2. The van der Waals surface area contributed by atoms with E-state index in [1.165, 1.54) is 18.1 Å². The number of nitrogens with zero attached hydrogens (tertiary/aromatic N) is 2. The summed E-state index contributed by atoms with van der Waals surface area (Å²) in [6.07, 6.45) is 1.30. The van der Waals surface area contributed by atoms with Gasteiger partial charge in [0, 0.05) is 0 Å². The Bertz CT molecular complexity index is 1270. The summed E-state index contributed by atoms with van der Waals surface area (Å²) in [6.45, 7) is 1.73. The summed E-state index contributed by atoms with van der Waals surface area (Å²) in [7, 11) is 1.54. The average molecular weight is 434 g/mol. The van der Waals surface area contributed by atoms with Gasteiger partial charge in [0.1, 0.15) is 11.3 Å². The summed E-state index contributed by atoms with van der Waals surface area (Å²) < 4.78 is 6.74. The van der Waals surface area contributed by atoms with Crippen molar-refractivity contribution in [2.24, 2.45) is 0 Å². The maximum absolute atomic E-state index is 13.2. The van der Waals surface area contributed by atoms with E-state index in [0.717, 1.165) is 5.69 Å². The van der Waals surface area contributed by atoms with E-state index in [1.54, 1.807) is 35.9 Å². The van der Waals surface area contributed by atoms with Crippen molar-refractivity contribution in [2.75, 3.05) is 12.0 Å². The number of methoxy groups -OCH3 is 1. The Morgan fingerprint density at radius 3 is 2.29 bits per heavy atom. The second kappa shape index (κ2) is 8.04. The summed E-state index contributed by atoms with van der Waals surface area (Å²) in [5, 5.41) is 5.21. The molecule has 0 radical (unpaired) electrons. The Labute approximate surface area is 182 Å². The molecule has 0 bridgehead atoms. The zero-order valence-corrected chi connectivity index (χ0v) is 17.5. The predicted octanol–water partition coefficient (Wildman–Crippen LogP) is 2.31. The zero-order chi connectivity index (χ0) is 22.1. The molecular weight excluding hydrogens is 416 g/mol. The minimum Gasteiger partial charge on any atom is -0.497 e. The molecule has 1 saturated heterocycles. The smallest absolute Gasteiger partial charge is 0.271 e. The molecule has 0 spiro atoms. The number of anilines is 1. The van der Waals surface area contributed by atoms with E-state index < -0.39 is 17.4 Å². The molecule has 156 valence electrons. The highest BCUT2D eigenvalue weighted by Gasteiger charge is 2.35. The minimum atomic E-state index is -0.661. The highest BCUT2D eigenvalue weighted by atomic mass is 32.1. The molecule has 0 aliphatic carbocycles. The molecule has 3 aromatic rings. The summed E-state index contributed by atoms with van der Waals surface area (Å²) in [5.41, 5.74) is 1.39. The fourth-order valence-corrected chi connectivity index (χ4v) is 3.58. The van der Waals surface area contributed by atoms with E-state index in [9.17, 15) is 14.4 Å². The molecule has 2 amide bonds. The first-order valence-electron chi connectivity index (χ1n) is 9.33. The van der Waals surface area contributed by atoms with E-state index in [1.807, 2.05) is 30.3 Å². The van der Waals surface area contributed by atoms with Crippen molar-refractivity contribution in [3.63, 3.8) is 0 Å². The number of nitrogens with one attached hydrogen (secondary N) is 2. The van der Waals surface area contributed by atoms with Crippen LogP contribution in [0.1, 0.15) is 11.3 Å². The van der Waals surface area contributed by atoms with Gasteiger partial charge in [0.05, 0.1) is 29.7 Å². The standard InChI is InChI=1S/C22H18N4O4S/c1-13-17(20(28)24-26(13)15-6-4-3-5-7-15)12-18-19(27)23-22(31)25(21(18)29)14-8-10-16(30-2)11-9-14/h3-12H,1-2H3,(H,24,28)(H,23,27,31)/b18-12-. The fraction of sp³-hybridized carbons (Fsp3) is 0.0909. The highest BCUT2D eigenvalue weighted by molar-refractivity contribution is 7.80. The molecule has 2 aromatic carbocycles. The number of carbonyl (C=O) groups is 2. The third kappa shape index (κ3) is 3.66. The number of carbonyl (C=O) groups excluding carboxylic acids is 2. The lowest BCUT2D eigenvalue weighted by molar-refractivity contribution is -0.122. The van der Waals surface area contributed by atoms with Crippen LogP contribution in [0.5, 0.6) is 5.75 Å². The van der Waals surface area contributed by atoms with Crippen molar-refractivity contribution in [1.82, 2.24) is 15.1 Å². The molecule has 2 heterocycles. The lowest BCUT2D eigenvalue weighted by atomic mass is 10.1. The number of aromatic amines is 1. The number of rotatable bonds is 4. The van der Waals surface area contributed by atoms with Crippen LogP contribution in [-0.4, -0.2) is 33.8 Å². The maximum atomic E-state index is 13.2. The van der Waals surface area contributed by atoms with Gasteiger partial charge in [-0.2, -0.15) is 0 Å². The number of amides is 2. The second-order valence-corrected chi connectivity index (χ2v) is 7.15. The quantitative estimate of drug-likeness (QED) is 0.373. The van der Waals surface area contributed by atoms with Gasteiger partial charge in [0.15, 0.2) is 5.11 Å². The van der Waals surface area contributed by atoms with Crippen molar-refractivity contribution < 1.29 is 14.3 Å². The van der Waals surface area contributed by atoms with E-state index >= 15 is 0 Å². The number of ether oxygens (including phenoxy) is 1. The number of thiocarbonyl (C=S) groups is 1. The Morgan fingerprint density at radius 2 is 1.65 bits per heavy atom. The molecule has 9 heteroatoms. The first-order valence-corrected chi connectivity index (χ1v) is 9.74. The Morgan fingerprint density at radius 1 is 0.968 bits per heavy atom. The summed E-state index contributed by atoms with van der Waals surface area (Å²) in [5.74, 6) is -0.667. The highest BCUT2D eigenvalue weighted by Crippen LogP contribution is 2.24. The van der Waals surface area contributed by atoms with Gasteiger partial charge >= 0.3 is 0 Å². The van der Waals surface area contributed by atoms with Gasteiger partial charge in [-0.15, -0.1) is 0 Å². The van der Waals surface area contributed by atoms with Crippen LogP contribution in [0.2, 0.25) is 0 Å². The maximum Gasteiger partial charge on any atom is 0.271 e. The molecule has 31 heavy (non-hydrogen) atoms. The van der Waals surface area contributed by atoms with Crippen molar-refractivity contribution in [2.45, 2.75) is 6.92 Å². The van der Waals surface area contributed by atoms with Gasteiger partial charge < -0.3 is 4.74 Å². The molecular formula is C22H18N4O4S. The van der Waals surface area contributed by atoms with Gasteiger partial charge in [0.2, 0.25) is 0 Å². The number of aromatic nitrogens is 2.